The molecular formula is C23H23BrN4O3. The average molecular weight is 483 g/mol. The van der Waals surface area contributed by atoms with Crippen molar-refractivity contribution in [3.63, 3.8) is 0 Å². The first kappa shape index (κ1) is 22.5. The van der Waals surface area contributed by atoms with Gasteiger partial charge in [-0.1, -0.05) is 36.7 Å². The van der Waals surface area contributed by atoms with Crippen molar-refractivity contribution in [3.8, 4) is 17.6 Å². The Kier molecular flexibility index (Phi) is 6.76. The molecule has 0 unspecified atom stereocenters. The van der Waals surface area contributed by atoms with E-state index in [0.29, 0.717) is 40.4 Å². The quantitative estimate of drug-likeness (QED) is 0.477. The number of aromatic nitrogens is 2. The third-order valence-electron chi connectivity index (χ3n) is 4.36. The van der Waals surface area contributed by atoms with Crippen molar-refractivity contribution in [1.82, 2.24) is 9.66 Å². The molecule has 0 N–H and O–H groups in total. The van der Waals surface area contributed by atoms with Crippen LogP contribution < -0.4 is 15.0 Å². The Balaban J connectivity index is 2.10. The van der Waals surface area contributed by atoms with Crippen LogP contribution in [0, 0.1) is 11.3 Å². The maximum Gasteiger partial charge on any atom is 0.282 e. The van der Waals surface area contributed by atoms with E-state index in [-0.39, 0.29) is 12.2 Å². The number of hydrogen-bond donors (Lipinski definition) is 0. The van der Waals surface area contributed by atoms with Crippen LogP contribution in [-0.4, -0.2) is 29.1 Å². The van der Waals surface area contributed by atoms with Crippen LogP contribution in [0.15, 0.2) is 50.8 Å². The molecule has 0 fully saturated rings. The maximum atomic E-state index is 13.2. The normalized spacial score (nSPS) is 11.6. The van der Waals surface area contributed by atoms with E-state index >= 15 is 0 Å². The van der Waals surface area contributed by atoms with Crippen LogP contribution in [0.2, 0.25) is 0 Å². The Bertz CT molecular complexity index is 1240. The monoisotopic (exact) mass is 482 g/mol. The van der Waals surface area contributed by atoms with Gasteiger partial charge in [0.1, 0.15) is 11.9 Å². The zero-order chi connectivity index (χ0) is 22.6. The Morgan fingerprint density at radius 2 is 1.97 bits per heavy atom. The highest BCUT2D eigenvalue weighted by atomic mass is 79.9. The van der Waals surface area contributed by atoms with Gasteiger partial charge >= 0.3 is 0 Å². The van der Waals surface area contributed by atoms with E-state index in [1.807, 2.05) is 45.9 Å². The molecule has 0 spiro atoms. The SMILES string of the molecule is CCOc1cc(C=Nn2c(C(C)(C)C)nc3ccc(Br)cc3c2=O)ccc1OCC#N. The fourth-order valence-electron chi connectivity index (χ4n) is 2.97. The first-order valence-corrected chi connectivity index (χ1v) is 10.6. The number of nitriles is 1. The van der Waals surface area contributed by atoms with Crippen LogP contribution in [-0.2, 0) is 5.41 Å². The topological polar surface area (TPSA) is 89.5 Å². The van der Waals surface area contributed by atoms with Crippen LogP contribution in [0.5, 0.6) is 11.5 Å². The molecule has 0 radical (unpaired) electrons. The molecule has 0 aliphatic heterocycles. The summed E-state index contributed by atoms with van der Waals surface area (Å²) in [7, 11) is 0. The van der Waals surface area contributed by atoms with Gasteiger partial charge in [-0.3, -0.25) is 4.79 Å². The van der Waals surface area contributed by atoms with Gasteiger partial charge in [-0.05, 0) is 48.9 Å². The number of nitrogens with zero attached hydrogens (tertiary/aromatic N) is 4. The summed E-state index contributed by atoms with van der Waals surface area (Å²) < 4.78 is 13.2. The molecule has 1 heterocycles. The summed E-state index contributed by atoms with van der Waals surface area (Å²) in [6.45, 7) is 8.19. The molecule has 3 rings (SSSR count). The van der Waals surface area contributed by atoms with Gasteiger partial charge in [0.05, 0.1) is 23.7 Å². The molecule has 3 aromatic rings. The standard InChI is InChI=1S/C23H23BrN4O3/c1-5-30-20-12-15(6-9-19(20)31-11-10-25)14-26-28-21(29)17-13-16(24)7-8-18(17)27-22(28)23(2,3)4/h6-9,12-14H,5,11H2,1-4H3. The van der Waals surface area contributed by atoms with Crippen molar-refractivity contribution in [3.05, 3.63) is 62.6 Å². The van der Waals surface area contributed by atoms with Crippen molar-refractivity contribution in [1.29, 1.82) is 5.26 Å². The van der Waals surface area contributed by atoms with Crippen LogP contribution in [0.4, 0.5) is 0 Å². The predicted octanol–water partition coefficient (Wildman–Crippen LogP) is 4.64. The lowest BCUT2D eigenvalue weighted by Gasteiger charge is -2.20. The molecule has 31 heavy (non-hydrogen) atoms. The zero-order valence-electron chi connectivity index (χ0n) is 17.8. The number of hydrogen-bond acceptors (Lipinski definition) is 6. The predicted molar refractivity (Wildman–Crippen MR) is 124 cm³/mol. The van der Waals surface area contributed by atoms with Gasteiger partial charge < -0.3 is 9.47 Å². The summed E-state index contributed by atoms with van der Waals surface area (Å²) in [5.74, 6) is 1.54. The summed E-state index contributed by atoms with van der Waals surface area (Å²) in [6, 6.07) is 12.6. The number of benzene rings is 2. The average Bonchev–Trinajstić information content (AvgIpc) is 2.72. The van der Waals surface area contributed by atoms with Crippen LogP contribution in [0.3, 0.4) is 0 Å². The molecule has 0 atom stereocenters. The van der Waals surface area contributed by atoms with Gasteiger partial charge in [0.25, 0.3) is 5.56 Å². The first-order valence-electron chi connectivity index (χ1n) is 9.78. The molecule has 2 aromatic carbocycles. The summed E-state index contributed by atoms with van der Waals surface area (Å²) in [5.41, 5.74) is 0.700. The Labute approximate surface area is 189 Å². The lowest BCUT2D eigenvalue weighted by atomic mass is 9.95. The van der Waals surface area contributed by atoms with Crippen molar-refractivity contribution in [2.45, 2.75) is 33.1 Å². The smallest absolute Gasteiger partial charge is 0.282 e. The highest BCUT2D eigenvalue weighted by molar-refractivity contribution is 9.10. The van der Waals surface area contributed by atoms with E-state index < -0.39 is 5.41 Å². The van der Waals surface area contributed by atoms with Gasteiger partial charge in [0.15, 0.2) is 18.1 Å². The minimum atomic E-state index is -0.400. The lowest BCUT2D eigenvalue weighted by Crippen LogP contribution is -2.29. The first-order chi connectivity index (χ1) is 14.7. The van der Waals surface area contributed by atoms with Gasteiger partial charge in [0.2, 0.25) is 0 Å². The van der Waals surface area contributed by atoms with E-state index in [2.05, 4.69) is 21.0 Å². The fraction of sp³-hybridized carbons (Fsp3) is 0.304. The van der Waals surface area contributed by atoms with Gasteiger partial charge in [-0.25, -0.2) is 4.98 Å². The highest BCUT2D eigenvalue weighted by Crippen LogP contribution is 2.28. The number of ether oxygens (including phenoxy) is 2. The van der Waals surface area contributed by atoms with E-state index in [1.54, 1.807) is 30.5 Å². The second-order valence-electron chi connectivity index (χ2n) is 7.79. The number of rotatable bonds is 6. The Morgan fingerprint density at radius 1 is 1.19 bits per heavy atom. The molecule has 0 amide bonds. The molecule has 160 valence electrons. The van der Waals surface area contributed by atoms with E-state index in [4.69, 9.17) is 19.7 Å². The zero-order valence-corrected chi connectivity index (χ0v) is 19.4. The van der Waals surface area contributed by atoms with E-state index in [1.165, 1.54) is 4.68 Å². The largest absolute Gasteiger partial charge is 0.490 e. The second kappa shape index (κ2) is 9.31. The Hall–Kier alpha value is -3.18. The molecular weight excluding hydrogens is 460 g/mol. The Morgan fingerprint density at radius 3 is 2.65 bits per heavy atom. The van der Waals surface area contributed by atoms with Crippen molar-refractivity contribution in [2.75, 3.05) is 13.2 Å². The van der Waals surface area contributed by atoms with E-state index in [0.717, 1.165) is 4.47 Å². The van der Waals surface area contributed by atoms with Crippen molar-refractivity contribution in [2.24, 2.45) is 5.10 Å². The van der Waals surface area contributed by atoms with E-state index in [9.17, 15) is 4.79 Å². The minimum Gasteiger partial charge on any atom is -0.490 e. The van der Waals surface area contributed by atoms with Gasteiger partial charge in [0, 0.05) is 9.89 Å². The third-order valence-corrected chi connectivity index (χ3v) is 4.85. The highest BCUT2D eigenvalue weighted by Gasteiger charge is 2.23. The third kappa shape index (κ3) is 5.12. The lowest BCUT2D eigenvalue weighted by molar-refractivity contribution is 0.298. The van der Waals surface area contributed by atoms with Crippen LogP contribution in [0.25, 0.3) is 10.9 Å². The van der Waals surface area contributed by atoms with Crippen LogP contribution in [0.1, 0.15) is 39.1 Å². The molecule has 7 nitrogen and oxygen atoms in total. The summed E-state index contributed by atoms with van der Waals surface area (Å²) >= 11 is 3.41. The van der Waals surface area contributed by atoms with Crippen LogP contribution >= 0.6 is 15.9 Å². The van der Waals surface area contributed by atoms with Crippen molar-refractivity contribution < 1.29 is 9.47 Å². The summed E-state index contributed by atoms with van der Waals surface area (Å²) in [5, 5.41) is 13.7. The number of halogens is 1. The molecule has 1 aromatic heterocycles. The molecule has 0 aliphatic rings. The maximum absolute atomic E-state index is 13.2. The molecule has 0 saturated carbocycles. The molecule has 0 aliphatic carbocycles. The number of fused-ring (bicyclic) bond motifs is 1. The van der Waals surface area contributed by atoms with Gasteiger partial charge in [-0.15, -0.1) is 0 Å². The second-order valence-corrected chi connectivity index (χ2v) is 8.71. The minimum absolute atomic E-state index is 0.0732. The molecule has 8 heteroatoms. The molecule has 0 bridgehead atoms. The summed E-state index contributed by atoms with van der Waals surface area (Å²) in [4.78, 5) is 17.9. The summed E-state index contributed by atoms with van der Waals surface area (Å²) in [6.07, 6.45) is 1.58. The molecule has 0 saturated heterocycles. The fourth-order valence-corrected chi connectivity index (χ4v) is 3.33. The van der Waals surface area contributed by atoms with Gasteiger partial charge in [-0.2, -0.15) is 15.0 Å². The van der Waals surface area contributed by atoms with Crippen molar-refractivity contribution >= 4 is 33.0 Å².